The Balaban J connectivity index is 1.36. The Morgan fingerprint density at radius 3 is 3.03 bits per heavy atom. The van der Waals surface area contributed by atoms with Gasteiger partial charge in [-0.15, -0.1) is 5.10 Å². The van der Waals surface area contributed by atoms with Crippen LogP contribution in [0.2, 0.25) is 5.02 Å². The van der Waals surface area contributed by atoms with Gasteiger partial charge >= 0.3 is 0 Å². The first-order valence-corrected chi connectivity index (χ1v) is 10.1. The van der Waals surface area contributed by atoms with Crippen LogP contribution in [-0.2, 0) is 0 Å². The minimum absolute atomic E-state index is 0.0284. The quantitative estimate of drug-likeness (QED) is 0.162. The first kappa shape index (κ1) is 20.7. The molecule has 0 saturated heterocycles. The molecule has 3 heterocycles. The molecule has 0 aliphatic carbocycles. The number of thioether (sulfide) groups is 1. The number of hydrogen-bond acceptors (Lipinski definition) is 9. The molecule has 14 heteroatoms. The van der Waals surface area contributed by atoms with Crippen molar-refractivity contribution >= 4 is 52.0 Å². The van der Waals surface area contributed by atoms with Gasteiger partial charge in [0.05, 0.1) is 16.3 Å². The van der Waals surface area contributed by atoms with Crippen molar-refractivity contribution in [2.75, 3.05) is 12.3 Å². The number of aromatic amines is 1. The maximum atomic E-state index is 13.3. The Morgan fingerprint density at radius 2 is 2.19 bits per heavy atom. The smallest absolute Gasteiger partial charge is 0.253 e. The lowest BCUT2D eigenvalue weighted by atomic mass is 10.2. The molecule has 0 aliphatic rings. The summed E-state index contributed by atoms with van der Waals surface area (Å²) in [6.45, 7) is 0.322. The van der Waals surface area contributed by atoms with Gasteiger partial charge in [0.15, 0.2) is 16.6 Å². The fourth-order valence-electron chi connectivity index (χ4n) is 2.53. The number of nitrogens with zero attached hydrogens (tertiary/aromatic N) is 6. The number of amidine groups is 1. The van der Waals surface area contributed by atoms with Gasteiger partial charge in [0.25, 0.3) is 5.91 Å². The van der Waals surface area contributed by atoms with Crippen molar-refractivity contribution in [3.05, 3.63) is 52.6 Å². The highest BCUT2D eigenvalue weighted by Crippen LogP contribution is 2.23. The summed E-state index contributed by atoms with van der Waals surface area (Å²) in [5.41, 5.74) is 7.67. The molecule has 0 aliphatic heterocycles. The van der Waals surface area contributed by atoms with E-state index >= 15 is 0 Å². The Labute approximate surface area is 182 Å². The normalized spacial score (nSPS) is 11.7. The minimum atomic E-state index is -0.559. The van der Waals surface area contributed by atoms with Crippen molar-refractivity contribution in [1.82, 2.24) is 36.0 Å². The van der Waals surface area contributed by atoms with Crippen molar-refractivity contribution in [3.8, 4) is 0 Å². The van der Waals surface area contributed by atoms with Crippen molar-refractivity contribution in [2.45, 2.75) is 5.03 Å². The topological polar surface area (TPSA) is 161 Å². The molecule has 11 nitrogen and oxygen atoms in total. The second-order valence-corrected chi connectivity index (χ2v) is 7.46. The summed E-state index contributed by atoms with van der Waals surface area (Å²) in [6.07, 6.45) is 1.48. The number of halogens is 2. The number of amides is 1. The van der Waals surface area contributed by atoms with Gasteiger partial charge in [-0.2, -0.15) is 10.3 Å². The molecule has 31 heavy (non-hydrogen) atoms. The van der Waals surface area contributed by atoms with E-state index in [1.807, 2.05) is 0 Å². The predicted molar refractivity (Wildman–Crippen MR) is 111 cm³/mol. The monoisotopic (exact) mass is 461 g/mol. The largest absolute Gasteiger partial charge is 0.382 e. The summed E-state index contributed by atoms with van der Waals surface area (Å²) < 4.78 is 18.0. The van der Waals surface area contributed by atoms with Crippen LogP contribution in [0.1, 0.15) is 16.1 Å². The zero-order valence-electron chi connectivity index (χ0n) is 15.5. The molecular weight excluding hydrogens is 449 g/mol. The molecule has 0 saturated carbocycles. The van der Waals surface area contributed by atoms with Gasteiger partial charge in [-0.05, 0) is 34.6 Å². The van der Waals surface area contributed by atoms with Crippen molar-refractivity contribution < 1.29 is 13.8 Å². The zero-order chi connectivity index (χ0) is 21.8. The number of nitrogens with one attached hydrogen (secondary N) is 2. The van der Waals surface area contributed by atoms with Gasteiger partial charge in [0.1, 0.15) is 11.3 Å². The van der Waals surface area contributed by atoms with E-state index in [0.29, 0.717) is 39.7 Å². The SMILES string of the molecule is NC(=Nc1ccc(F)c(Cl)c1)c1nonc1SCCNC(=O)c1ccnc2n[nH]nc12. The van der Waals surface area contributed by atoms with Crippen LogP contribution in [0.5, 0.6) is 0 Å². The highest BCUT2D eigenvalue weighted by molar-refractivity contribution is 7.99. The molecule has 4 N–H and O–H groups in total. The number of rotatable bonds is 7. The van der Waals surface area contributed by atoms with Gasteiger partial charge in [-0.1, -0.05) is 23.4 Å². The second-order valence-electron chi connectivity index (χ2n) is 5.97. The van der Waals surface area contributed by atoms with E-state index in [9.17, 15) is 9.18 Å². The van der Waals surface area contributed by atoms with Crippen LogP contribution in [0.4, 0.5) is 10.1 Å². The Hall–Kier alpha value is -3.58. The van der Waals surface area contributed by atoms with E-state index in [2.05, 4.69) is 41.0 Å². The second kappa shape index (κ2) is 9.06. The molecule has 1 aromatic carbocycles. The van der Waals surface area contributed by atoms with Crippen LogP contribution in [-0.4, -0.2) is 54.7 Å². The molecule has 4 rings (SSSR count). The number of H-pyrrole nitrogens is 1. The third-order valence-electron chi connectivity index (χ3n) is 3.95. The Kier molecular flexibility index (Phi) is 6.04. The number of aromatic nitrogens is 6. The first-order valence-electron chi connectivity index (χ1n) is 8.71. The highest BCUT2D eigenvalue weighted by Gasteiger charge is 2.16. The maximum Gasteiger partial charge on any atom is 0.253 e. The van der Waals surface area contributed by atoms with Gasteiger partial charge in [-0.3, -0.25) is 4.79 Å². The molecule has 1 amide bonds. The Morgan fingerprint density at radius 1 is 1.32 bits per heavy atom. The number of hydrogen-bond donors (Lipinski definition) is 3. The molecule has 0 radical (unpaired) electrons. The highest BCUT2D eigenvalue weighted by atomic mass is 35.5. The fraction of sp³-hybridized carbons (Fsp3) is 0.118. The summed E-state index contributed by atoms with van der Waals surface area (Å²) in [5, 5.41) is 20.9. The van der Waals surface area contributed by atoms with E-state index < -0.39 is 5.82 Å². The van der Waals surface area contributed by atoms with Crippen LogP contribution >= 0.6 is 23.4 Å². The number of fused-ring (bicyclic) bond motifs is 1. The maximum absolute atomic E-state index is 13.3. The van der Waals surface area contributed by atoms with Gasteiger partial charge in [0, 0.05) is 18.5 Å². The van der Waals surface area contributed by atoms with Crippen molar-refractivity contribution in [3.63, 3.8) is 0 Å². The summed E-state index contributed by atoms with van der Waals surface area (Å²) in [5.74, 6) is -0.387. The number of carbonyl (C=O) groups excluding carboxylic acids is 1. The Bertz CT molecular complexity index is 1280. The van der Waals surface area contributed by atoms with Crippen molar-refractivity contribution in [1.29, 1.82) is 0 Å². The molecule has 0 spiro atoms. The minimum Gasteiger partial charge on any atom is -0.382 e. The predicted octanol–water partition coefficient (Wildman–Crippen LogP) is 2.09. The van der Waals surface area contributed by atoms with E-state index in [4.69, 9.17) is 22.0 Å². The van der Waals surface area contributed by atoms with Gasteiger partial charge in [0.2, 0.25) is 5.65 Å². The van der Waals surface area contributed by atoms with Crippen LogP contribution < -0.4 is 11.1 Å². The number of pyridine rings is 1. The summed E-state index contributed by atoms with van der Waals surface area (Å²) in [4.78, 5) is 20.6. The average Bonchev–Trinajstić information content (AvgIpc) is 3.42. The van der Waals surface area contributed by atoms with Gasteiger partial charge in [-0.25, -0.2) is 19.0 Å². The molecule has 0 bridgehead atoms. The van der Waals surface area contributed by atoms with E-state index in [1.165, 1.54) is 36.2 Å². The standard InChI is InChI=1S/C17H13ClFN9O2S/c18-10-7-8(1-2-11(10)19)23-14(20)13-17(27-30-26-13)31-6-5-22-16(29)9-3-4-21-15-12(9)24-28-25-15/h1-4,7H,5-6H2,(H2,20,23)(H,22,29)(H,21,24,25,28). The first-order chi connectivity index (χ1) is 15.0. The molecular formula is C17H13ClFN9O2S. The third-order valence-corrected chi connectivity index (χ3v) is 5.19. The van der Waals surface area contributed by atoms with E-state index in [1.54, 1.807) is 6.07 Å². The van der Waals surface area contributed by atoms with Crippen LogP contribution in [0.25, 0.3) is 11.2 Å². The lowest BCUT2D eigenvalue weighted by Crippen LogP contribution is -2.26. The number of benzene rings is 1. The molecule has 0 fully saturated rings. The van der Waals surface area contributed by atoms with Gasteiger partial charge < -0.3 is 11.1 Å². The molecule has 158 valence electrons. The molecule has 3 aromatic heterocycles. The zero-order valence-corrected chi connectivity index (χ0v) is 17.1. The molecule has 4 aromatic rings. The number of carbonyl (C=O) groups is 1. The fourth-order valence-corrected chi connectivity index (χ4v) is 3.46. The van der Waals surface area contributed by atoms with E-state index in [0.717, 1.165) is 0 Å². The summed E-state index contributed by atoms with van der Waals surface area (Å²) in [7, 11) is 0. The summed E-state index contributed by atoms with van der Waals surface area (Å²) >= 11 is 7.02. The van der Waals surface area contributed by atoms with Crippen LogP contribution in [0.3, 0.4) is 0 Å². The number of nitrogens with two attached hydrogens (primary N) is 1. The third kappa shape index (κ3) is 4.62. The average molecular weight is 462 g/mol. The van der Waals surface area contributed by atoms with Crippen LogP contribution in [0, 0.1) is 5.82 Å². The lowest BCUT2D eigenvalue weighted by Gasteiger charge is -2.05. The molecule has 0 unspecified atom stereocenters. The van der Waals surface area contributed by atoms with Crippen molar-refractivity contribution in [2.24, 2.45) is 10.7 Å². The number of aliphatic imine (C=N–C) groups is 1. The van der Waals surface area contributed by atoms with E-state index in [-0.39, 0.29) is 22.5 Å². The lowest BCUT2D eigenvalue weighted by molar-refractivity contribution is 0.0957. The summed E-state index contributed by atoms with van der Waals surface area (Å²) in [6, 6.07) is 5.51. The molecule has 0 atom stereocenters. The van der Waals surface area contributed by atoms with Crippen LogP contribution in [0.15, 0.2) is 45.1 Å².